The first kappa shape index (κ1) is 10.9. The number of halogens is 1. The van der Waals surface area contributed by atoms with Gasteiger partial charge in [-0.1, -0.05) is 0 Å². The normalized spacial score (nSPS) is 10.9. The summed E-state index contributed by atoms with van der Waals surface area (Å²) in [5.74, 6) is 1.52. The highest BCUT2D eigenvalue weighted by atomic mass is 79.9. The summed E-state index contributed by atoms with van der Waals surface area (Å²) in [4.78, 5) is 5.26. The lowest BCUT2D eigenvalue weighted by Crippen LogP contribution is -2.02. The smallest absolute Gasteiger partial charge is 0.196 e. The van der Waals surface area contributed by atoms with Crippen molar-refractivity contribution in [2.75, 3.05) is 6.54 Å². The molecular weight excluding hydrogens is 276 g/mol. The molecule has 0 aliphatic heterocycles. The Morgan fingerprint density at radius 2 is 2.40 bits per heavy atom. The highest BCUT2D eigenvalue weighted by Gasteiger charge is 2.10. The largest absolute Gasteiger partial charge is 0.440 e. The number of nitrogens with zero attached hydrogens (tertiary/aromatic N) is 1. The van der Waals surface area contributed by atoms with E-state index in [9.17, 15) is 0 Å². The van der Waals surface area contributed by atoms with Crippen LogP contribution in [0.2, 0.25) is 0 Å². The molecule has 2 aromatic heterocycles. The van der Waals surface area contributed by atoms with Crippen LogP contribution in [0.5, 0.6) is 0 Å². The summed E-state index contributed by atoms with van der Waals surface area (Å²) in [5, 5.41) is 0. The van der Waals surface area contributed by atoms with Crippen LogP contribution in [-0.2, 0) is 6.42 Å². The molecule has 2 rings (SSSR count). The number of hydrogen-bond donors (Lipinski definition) is 1. The summed E-state index contributed by atoms with van der Waals surface area (Å²) in [5.41, 5.74) is 6.65. The van der Waals surface area contributed by atoms with Crippen molar-refractivity contribution in [1.29, 1.82) is 0 Å². The molecule has 0 saturated heterocycles. The van der Waals surface area contributed by atoms with Crippen molar-refractivity contribution in [2.24, 2.45) is 5.73 Å². The highest BCUT2D eigenvalue weighted by molar-refractivity contribution is 9.11. The Morgan fingerprint density at radius 1 is 1.60 bits per heavy atom. The highest BCUT2D eigenvalue weighted by Crippen LogP contribution is 2.34. The van der Waals surface area contributed by atoms with Gasteiger partial charge in [-0.05, 0) is 34.5 Å². The number of nitrogens with two attached hydrogens (primary N) is 1. The van der Waals surface area contributed by atoms with Crippen molar-refractivity contribution in [2.45, 2.75) is 13.3 Å². The first-order valence-electron chi connectivity index (χ1n) is 4.62. The molecule has 2 heterocycles. The zero-order valence-electron chi connectivity index (χ0n) is 8.29. The lowest BCUT2D eigenvalue weighted by Gasteiger charge is -1.89. The Hall–Kier alpha value is -0.650. The van der Waals surface area contributed by atoms with Gasteiger partial charge in [-0.2, -0.15) is 0 Å². The molecule has 0 fully saturated rings. The summed E-state index contributed by atoms with van der Waals surface area (Å²) in [6, 6.07) is 2.08. The molecule has 0 unspecified atom stereocenters. The molecule has 80 valence electrons. The van der Waals surface area contributed by atoms with Gasteiger partial charge in [0.25, 0.3) is 0 Å². The summed E-state index contributed by atoms with van der Waals surface area (Å²) in [6.45, 7) is 2.62. The molecule has 0 saturated carbocycles. The monoisotopic (exact) mass is 286 g/mol. The number of rotatable bonds is 3. The van der Waals surface area contributed by atoms with Gasteiger partial charge in [-0.3, -0.25) is 0 Å². The molecule has 2 N–H and O–H groups in total. The summed E-state index contributed by atoms with van der Waals surface area (Å²) < 4.78 is 6.71. The van der Waals surface area contributed by atoms with Crippen LogP contribution in [0, 0.1) is 6.92 Å². The van der Waals surface area contributed by atoms with Crippen LogP contribution in [0.15, 0.2) is 20.5 Å². The van der Waals surface area contributed by atoms with Crippen LogP contribution in [0.4, 0.5) is 0 Å². The predicted octanol–water partition coefficient (Wildman–Crippen LogP) is 2.98. The van der Waals surface area contributed by atoms with Crippen LogP contribution >= 0.6 is 27.3 Å². The molecule has 0 aliphatic rings. The molecule has 5 heteroatoms. The molecule has 0 aliphatic carbocycles. The quantitative estimate of drug-likeness (QED) is 0.944. The Labute approximate surface area is 100 Å². The minimum Gasteiger partial charge on any atom is -0.440 e. The van der Waals surface area contributed by atoms with Crippen LogP contribution in [0.3, 0.4) is 0 Å². The molecule has 0 atom stereocenters. The molecule has 0 radical (unpaired) electrons. The number of aromatic nitrogens is 1. The minimum absolute atomic E-state index is 0.563. The lowest BCUT2D eigenvalue weighted by molar-refractivity contribution is 0.509. The van der Waals surface area contributed by atoms with E-state index >= 15 is 0 Å². The van der Waals surface area contributed by atoms with E-state index < -0.39 is 0 Å². The van der Waals surface area contributed by atoms with E-state index in [4.69, 9.17) is 10.2 Å². The van der Waals surface area contributed by atoms with E-state index in [1.165, 1.54) is 5.56 Å². The first-order chi connectivity index (χ1) is 7.20. The van der Waals surface area contributed by atoms with E-state index in [2.05, 4.69) is 33.9 Å². The topological polar surface area (TPSA) is 52.0 Å². The van der Waals surface area contributed by atoms with Gasteiger partial charge in [-0.15, -0.1) is 11.3 Å². The van der Waals surface area contributed by atoms with Crippen LogP contribution < -0.4 is 5.73 Å². The van der Waals surface area contributed by atoms with Gasteiger partial charge in [0, 0.05) is 13.0 Å². The van der Waals surface area contributed by atoms with Crippen LogP contribution in [0.25, 0.3) is 10.6 Å². The number of hydrogen-bond acceptors (Lipinski definition) is 4. The fourth-order valence-corrected chi connectivity index (χ4v) is 2.73. The van der Waals surface area contributed by atoms with Gasteiger partial charge in [0.2, 0.25) is 0 Å². The fraction of sp³-hybridized carbons (Fsp3) is 0.300. The average Bonchev–Trinajstić information content (AvgIpc) is 2.76. The van der Waals surface area contributed by atoms with E-state index in [1.54, 1.807) is 17.5 Å². The van der Waals surface area contributed by atoms with Crippen molar-refractivity contribution >= 4 is 27.3 Å². The molecule has 0 spiro atoms. The van der Waals surface area contributed by atoms with Gasteiger partial charge in [0.05, 0.1) is 14.9 Å². The van der Waals surface area contributed by atoms with E-state index in [-0.39, 0.29) is 0 Å². The molecule has 3 nitrogen and oxygen atoms in total. The lowest BCUT2D eigenvalue weighted by atomic mass is 10.3. The SMILES string of the molecule is Cc1cc(-c2cnc(CCN)o2)sc1Br. The van der Waals surface area contributed by atoms with Gasteiger partial charge < -0.3 is 10.2 Å². The summed E-state index contributed by atoms with van der Waals surface area (Å²) in [6.07, 6.45) is 2.44. The Morgan fingerprint density at radius 3 is 3.00 bits per heavy atom. The second kappa shape index (κ2) is 4.47. The zero-order chi connectivity index (χ0) is 10.8. The van der Waals surface area contributed by atoms with E-state index in [0.29, 0.717) is 18.9 Å². The summed E-state index contributed by atoms with van der Waals surface area (Å²) in [7, 11) is 0. The van der Waals surface area contributed by atoms with Crippen molar-refractivity contribution in [3.05, 3.63) is 27.5 Å². The Kier molecular flexibility index (Phi) is 3.23. The van der Waals surface area contributed by atoms with Crippen molar-refractivity contribution in [3.63, 3.8) is 0 Å². The molecule has 2 aromatic rings. The third kappa shape index (κ3) is 2.30. The number of aryl methyl sites for hydroxylation is 1. The third-order valence-electron chi connectivity index (χ3n) is 2.01. The predicted molar refractivity (Wildman–Crippen MR) is 65.0 cm³/mol. The van der Waals surface area contributed by atoms with Crippen molar-refractivity contribution < 1.29 is 4.42 Å². The van der Waals surface area contributed by atoms with Crippen LogP contribution in [-0.4, -0.2) is 11.5 Å². The van der Waals surface area contributed by atoms with Crippen LogP contribution in [0.1, 0.15) is 11.5 Å². The molecule has 0 bridgehead atoms. The van der Waals surface area contributed by atoms with Gasteiger partial charge in [0.1, 0.15) is 0 Å². The molecular formula is C10H11BrN2OS. The van der Waals surface area contributed by atoms with Gasteiger partial charge in [0.15, 0.2) is 11.7 Å². The van der Waals surface area contributed by atoms with E-state index in [1.807, 2.05) is 0 Å². The Balaban J connectivity index is 2.28. The van der Waals surface area contributed by atoms with Gasteiger partial charge in [-0.25, -0.2) is 4.98 Å². The summed E-state index contributed by atoms with van der Waals surface area (Å²) >= 11 is 5.14. The maximum atomic E-state index is 5.58. The van der Waals surface area contributed by atoms with E-state index in [0.717, 1.165) is 14.4 Å². The number of thiophene rings is 1. The maximum Gasteiger partial charge on any atom is 0.196 e. The minimum atomic E-state index is 0.563. The standard InChI is InChI=1S/C10H11BrN2OS/c1-6-4-8(15-10(6)11)7-5-13-9(14-7)2-3-12/h4-5H,2-3,12H2,1H3. The third-order valence-corrected chi connectivity index (χ3v) is 4.16. The second-order valence-corrected chi connectivity index (χ2v) is 5.59. The second-order valence-electron chi connectivity index (χ2n) is 3.22. The first-order valence-corrected chi connectivity index (χ1v) is 6.22. The maximum absolute atomic E-state index is 5.58. The number of oxazole rings is 1. The Bertz CT molecular complexity index is 444. The molecule has 0 amide bonds. The molecule has 0 aromatic carbocycles. The average molecular weight is 287 g/mol. The zero-order valence-corrected chi connectivity index (χ0v) is 10.7. The van der Waals surface area contributed by atoms with Crippen molar-refractivity contribution in [3.8, 4) is 10.6 Å². The molecule has 15 heavy (non-hydrogen) atoms. The van der Waals surface area contributed by atoms with Crippen molar-refractivity contribution in [1.82, 2.24) is 4.98 Å². The van der Waals surface area contributed by atoms with Gasteiger partial charge >= 0.3 is 0 Å². The fourth-order valence-electron chi connectivity index (χ4n) is 1.24.